The van der Waals surface area contributed by atoms with E-state index in [-0.39, 0.29) is 11.1 Å². The number of hydrogen-bond acceptors (Lipinski definition) is 5. The van der Waals surface area contributed by atoms with E-state index in [9.17, 15) is 9.59 Å². The van der Waals surface area contributed by atoms with E-state index < -0.39 is 20.5 Å². The van der Waals surface area contributed by atoms with Gasteiger partial charge in [-0.05, 0) is 13.8 Å². The van der Waals surface area contributed by atoms with Gasteiger partial charge in [0.1, 0.15) is 0 Å². The molecule has 5 nitrogen and oxygen atoms in total. The molecule has 0 aromatic carbocycles. The van der Waals surface area contributed by atoms with E-state index in [1.165, 1.54) is 13.8 Å². The summed E-state index contributed by atoms with van der Waals surface area (Å²) in [6, 6.07) is 0. The third-order valence-corrected chi connectivity index (χ3v) is 1.66. The Balaban J connectivity index is 4.05. The van der Waals surface area contributed by atoms with Gasteiger partial charge in [0.05, 0.1) is 0 Å². The molecule has 0 heterocycles. The van der Waals surface area contributed by atoms with Gasteiger partial charge in [0.2, 0.25) is 0 Å². The Hall–Kier alpha value is -1.19. The second-order valence-electron chi connectivity index (χ2n) is 2.56. The molecule has 0 rings (SSSR count). The van der Waals surface area contributed by atoms with Crippen LogP contribution in [0.15, 0.2) is 24.3 Å². The molecule has 6 heteroatoms. The van der Waals surface area contributed by atoms with Crippen LogP contribution < -0.4 is 0 Å². The monoisotopic (exact) mass is 218 g/mol. The van der Waals surface area contributed by atoms with Crippen LogP contribution in [0.3, 0.4) is 0 Å². The summed E-state index contributed by atoms with van der Waals surface area (Å²) >= 11 is 0. The number of carbonyl (C=O) groups is 2. The van der Waals surface area contributed by atoms with Gasteiger partial charge < -0.3 is 13.9 Å². The molecule has 0 aliphatic carbocycles. The predicted molar refractivity (Wildman–Crippen MR) is 51.0 cm³/mol. The topological polar surface area (TPSA) is 72.8 Å². The van der Waals surface area contributed by atoms with E-state index in [1.807, 2.05) is 0 Å². The first-order chi connectivity index (χ1) is 6.34. The molecular formula is C8H11O5P. The standard InChI is InChI=1S/C8H11O5P/c1-5(2)7(9)12-14(11)13-8(10)6(3)4/h11H,1,3H2,2,4H3. The molecule has 0 bridgehead atoms. The summed E-state index contributed by atoms with van der Waals surface area (Å²) in [4.78, 5) is 30.6. The molecular weight excluding hydrogens is 207 g/mol. The number of carbonyl (C=O) groups excluding carboxylic acids is 2. The molecule has 0 aromatic heterocycles. The van der Waals surface area contributed by atoms with Crippen molar-refractivity contribution in [2.75, 3.05) is 0 Å². The zero-order chi connectivity index (χ0) is 11.3. The van der Waals surface area contributed by atoms with Gasteiger partial charge >= 0.3 is 20.5 Å². The minimum absolute atomic E-state index is 0.109. The lowest BCUT2D eigenvalue weighted by Gasteiger charge is -2.09. The fourth-order valence-electron chi connectivity index (χ4n) is 0.316. The molecule has 0 saturated carbocycles. The molecule has 0 amide bonds. The van der Waals surface area contributed by atoms with Crippen LogP contribution in [0.5, 0.6) is 0 Å². The van der Waals surface area contributed by atoms with Crippen LogP contribution in [-0.2, 0) is 18.6 Å². The molecule has 0 unspecified atom stereocenters. The highest BCUT2D eigenvalue weighted by Crippen LogP contribution is 2.34. The van der Waals surface area contributed by atoms with Crippen LogP contribution in [0.4, 0.5) is 0 Å². The number of hydrogen-bond donors (Lipinski definition) is 1. The first-order valence-electron chi connectivity index (χ1n) is 3.59. The summed E-state index contributed by atoms with van der Waals surface area (Å²) in [7, 11) is -2.55. The Morgan fingerprint density at radius 2 is 1.36 bits per heavy atom. The third-order valence-electron chi connectivity index (χ3n) is 1.02. The van der Waals surface area contributed by atoms with Gasteiger partial charge in [0, 0.05) is 11.1 Å². The average Bonchev–Trinajstić information content (AvgIpc) is 2.03. The molecule has 0 fully saturated rings. The van der Waals surface area contributed by atoms with E-state index in [1.54, 1.807) is 0 Å². The van der Waals surface area contributed by atoms with Gasteiger partial charge in [-0.2, -0.15) is 0 Å². The maximum absolute atomic E-state index is 10.8. The fraction of sp³-hybridized carbons (Fsp3) is 0.250. The van der Waals surface area contributed by atoms with Crippen LogP contribution in [0.25, 0.3) is 0 Å². The Morgan fingerprint density at radius 1 is 1.07 bits per heavy atom. The van der Waals surface area contributed by atoms with E-state index in [2.05, 4.69) is 22.2 Å². The summed E-state index contributed by atoms with van der Waals surface area (Å²) in [6.45, 7) is 9.40. The Morgan fingerprint density at radius 3 is 1.57 bits per heavy atom. The number of rotatable bonds is 4. The van der Waals surface area contributed by atoms with Gasteiger partial charge in [0.25, 0.3) is 0 Å². The minimum Gasteiger partial charge on any atom is -0.381 e. The highest BCUT2D eigenvalue weighted by Gasteiger charge is 2.19. The fourth-order valence-corrected chi connectivity index (χ4v) is 0.949. The molecule has 0 aliphatic heterocycles. The molecule has 0 saturated heterocycles. The predicted octanol–water partition coefficient (Wildman–Crippen LogP) is 1.44. The largest absolute Gasteiger partial charge is 0.465 e. The molecule has 0 aliphatic rings. The first-order valence-corrected chi connectivity index (χ1v) is 4.72. The van der Waals surface area contributed by atoms with Gasteiger partial charge in [0.15, 0.2) is 0 Å². The van der Waals surface area contributed by atoms with Crippen LogP contribution >= 0.6 is 8.60 Å². The lowest BCUT2D eigenvalue weighted by molar-refractivity contribution is -0.134. The highest BCUT2D eigenvalue weighted by atomic mass is 31.2. The normalized spacial score (nSPS) is 9.43. The second-order valence-corrected chi connectivity index (χ2v) is 3.40. The second kappa shape index (κ2) is 5.52. The Kier molecular flexibility index (Phi) is 5.05. The molecule has 0 atom stereocenters. The van der Waals surface area contributed by atoms with Crippen molar-refractivity contribution in [1.29, 1.82) is 0 Å². The van der Waals surface area contributed by atoms with Crippen molar-refractivity contribution >= 4 is 20.5 Å². The lowest BCUT2D eigenvalue weighted by Crippen LogP contribution is -2.06. The van der Waals surface area contributed by atoms with E-state index in [4.69, 9.17) is 4.89 Å². The van der Waals surface area contributed by atoms with Crippen LogP contribution in [0, 0.1) is 0 Å². The molecule has 0 radical (unpaired) electrons. The van der Waals surface area contributed by atoms with Crippen molar-refractivity contribution in [2.24, 2.45) is 0 Å². The van der Waals surface area contributed by atoms with Gasteiger partial charge in [-0.3, -0.25) is 0 Å². The molecule has 78 valence electrons. The van der Waals surface area contributed by atoms with Gasteiger partial charge in [-0.15, -0.1) is 0 Å². The van der Waals surface area contributed by atoms with E-state index in [0.29, 0.717) is 0 Å². The van der Waals surface area contributed by atoms with Gasteiger partial charge in [-0.25, -0.2) is 9.59 Å². The molecule has 0 aromatic rings. The summed E-state index contributed by atoms with van der Waals surface area (Å²) in [5.74, 6) is -1.62. The average molecular weight is 218 g/mol. The van der Waals surface area contributed by atoms with E-state index >= 15 is 0 Å². The summed E-state index contributed by atoms with van der Waals surface area (Å²) in [5.41, 5.74) is 0.218. The Bertz CT molecular complexity index is 255. The van der Waals surface area contributed by atoms with E-state index in [0.717, 1.165) is 0 Å². The van der Waals surface area contributed by atoms with Crippen molar-refractivity contribution in [3.63, 3.8) is 0 Å². The molecule has 14 heavy (non-hydrogen) atoms. The third kappa shape index (κ3) is 4.74. The summed E-state index contributed by atoms with van der Waals surface area (Å²) in [6.07, 6.45) is 0. The zero-order valence-corrected chi connectivity index (χ0v) is 8.84. The van der Waals surface area contributed by atoms with Crippen molar-refractivity contribution in [1.82, 2.24) is 0 Å². The quantitative estimate of drug-likeness (QED) is 0.571. The molecule has 1 N–H and O–H groups in total. The Labute approximate surface area is 83.0 Å². The van der Waals surface area contributed by atoms with Crippen LogP contribution in [0.1, 0.15) is 13.8 Å². The molecule has 0 spiro atoms. The van der Waals surface area contributed by atoms with Crippen molar-refractivity contribution in [3.05, 3.63) is 24.3 Å². The lowest BCUT2D eigenvalue weighted by atomic mass is 10.4. The van der Waals surface area contributed by atoms with Crippen molar-refractivity contribution < 1.29 is 23.5 Å². The van der Waals surface area contributed by atoms with Crippen LogP contribution in [0.2, 0.25) is 0 Å². The summed E-state index contributed by atoms with van der Waals surface area (Å²) < 4.78 is 8.66. The van der Waals surface area contributed by atoms with Crippen LogP contribution in [-0.4, -0.2) is 16.8 Å². The summed E-state index contributed by atoms with van der Waals surface area (Å²) in [5, 5.41) is 0. The maximum Gasteiger partial charge on any atom is 0.465 e. The smallest absolute Gasteiger partial charge is 0.381 e. The minimum atomic E-state index is -2.55. The zero-order valence-electron chi connectivity index (χ0n) is 7.94. The first kappa shape index (κ1) is 12.8. The maximum atomic E-state index is 10.8. The highest BCUT2D eigenvalue weighted by molar-refractivity contribution is 7.41. The van der Waals surface area contributed by atoms with Crippen molar-refractivity contribution in [2.45, 2.75) is 13.8 Å². The SMILES string of the molecule is C=C(C)C(=O)OP(O)OC(=O)C(=C)C. The van der Waals surface area contributed by atoms with Gasteiger partial charge in [-0.1, -0.05) is 13.2 Å². The van der Waals surface area contributed by atoms with Crippen molar-refractivity contribution in [3.8, 4) is 0 Å².